The highest BCUT2D eigenvalue weighted by Gasteiger charge is 2.30. The minimum Gasteiger partial charge on any atom is -0.359 e. The van der Waals surface area contributed by atoms with Gasteiger partial charge in [-0.3, -0.25) is 9.59 Å². The Morgan fingerprint density at radius 2 is 1.43 bits per heavy atom. The molecule has 0 fully saturated rings. The number of para-hydroxylation sites is 1. The Bertz CT molecular complexity index is 1410. The lowest BCUT2D eigenvalue weighted by atomic mass is 9.94. The summed E-state index contributed by atoms with van der Waals surface area (Å²) in [5, 5.41) is 5.79. The van der Waals surface area contributed by atoms with E-state index in [2.05, 4.69) is 29.0 Å². The van der Waals surface area contributed by atoms with Crippen LogP contribution in [0.4, 0.5) is 10.1 Å². The first-order valence-corrected chi connectivity index (χ1v) is 14.1. The van der Waals surface area contributed by atoms with Crippen LogP contribution in [-0.4, -0.2) is 23.4 Å². The molecule has 0 aliphatic rings. The summed E-state index contributed by atoms with van der Waals surface area (Å²) in [4.78, 5) is 25.7. The zero-order chi connectivity index (χ0) is 28.5. The molecule has 40 heavy (non-hydrogen) atoms. The van der Waals surface area contributed by atoms with Crippen LogP contribution in [0.3, 0.4) is 0 Å². The zero-order valence-corrected chi connectivity index (χ0v) is 23.5. The maximum Gasteiger partial charge on any atom is 0.258 e. The maximum atomic E-state index is 14.1. The second-order valence-corrected chi connectivity index (χ2v) is 10.3. The third-order valence-electron chi connectivity index (χ3n) is 7.10. The average molecular weight is 540 g/mol. The predicted molar refractivity (Wildman–Crippen MR) is 161 cm³/mol. The summed E-state index contributed by atoms with van der Waals surface area (Å²) in [7, 11) is 1.66. The molecule has 0 spiro atoms. The van der Waals surface area contributed by atoms with Gasteiger partial charge in [-0.1, -0.05) is 75.2 Å². The van der Waals surface area contributed by atoms with E-state index in [1.54, 1.807) is 19.2 Å². The van der Waals surface area contributed by atoms with E-state index in [4.69, 9.17) is 0 Å². The molecule has 5 nitrogen and oxygen atoms in total. The van der Waals surface area contributed by atoms with Crippen molar-refractivity contribution in [3.63, 3.8) is 0 Å². The quantitative estimate of drug-likeness (QED) is 0.179. The largest absolute Gasteiger partial charge is 0.359 e. The SMILES string of the molecule is CNC(=O)CCCCCCn1c(-c2ccc(F)cc2)c(-c2ccccc2)c(C(=O)Nc2ccccc2)c1C(C)C. The first kappa shape index (κ1) is 28.8. The van der Waals surface area contributed by atoms with Gasteiger partial charge in [-0.25, -0.2) is 4.39 Å². The number of benzene rings is 3. The smallest absolute Gasteiger partial charge is 0.258 e. The van der Waals surface area contributed by atoms with E-state index in [1.165, 1.54) is 12.1 Å². The number of anilines is 1. The Hall–Kier alpha value is -4.19. The van der Waals surface area contributed by atoms with Crippen molar-refractivity contribution in [2.24, 2.45) is 0 Å². The summed E-state index contributed by atoms with van der Waals surface area (Å²) < 4.78 is 16.3. The molecule has 6 heteroatoms. The molecule has 0 bridgehead atoms. The number of hydrogen-bond acceptors (Lipinski definition) is 2. The summed E-state index contributed by atoms with van der Waals surface area (Å²) in [5.74, 6) is -0.346. The van der Waals surface area contributed by atoms with Crippen LogP contribution in [0.5, 0.6) is 0 Å². The summed E-state index contributed by atoms with van der Waals surface area (Å²) in [6.07, 6.45) is 4.17. The molecule has 0 aliphatic heterocycles. The van der Waals surface area contributed by atoms with Crippen LogP contribution in [0.1, 0.15) is 67.9 Å². The van der Waals surface area contributed by atoms with Crippen molar-refractivity contribution in [3.8, 4) is 22.4 Å². The van der Waals surface area contributed by atoms with Crippen LogP contribution >= 0.6 is 0 Å². The molecular weight excluding hydrogens is 501 g/mol. The fourth-order valence-electron chi connectivity index (χ4n) is 5.24. The molecule has 1 aromatic heterocycles. The van der Waals surface area contributed by atoms with E-state index in [9.17, 15) is 14.0 Å². The Kier molecular flexibility index (Phi) is 9.90. The molecule has 0 radical (unpaired) electrons. The van der Waals surface area contributed by atoms with Crippen molar-refractivity contribution in [2.75, 3.05) is 12.4 Å². The number of unbranched alkanes of at least 4 members (excludes halogenated alkanes) is 3. The number of carbonyl (C=O) groups is 2. The fourth-order valence-corrected chi connectivity index (χ4v) is 5.24. The molecule has 1 heterocycles. The lowest BCUT2D eigenvalue weighted by Crippen LogP contribution is -2.17. The van der Waals surface area contributed by atoms with Gasteiger partial charge in [0.15, 0.2) is 0 Å². The molecular formula is C34H38FN3O2. The standard InChI is InChI=1S/C34H38FN3O2/c1-24(2)32-31(34(40)37-28-16-10-7-11-17-28)30(25-14-8-6-9-15-25)33(26-19-21-27(35)22-20-26)38(32)23-13-5-4-12-18-29(39)36-3/h6-11,14-17,19-22,24H,4-5,12-13,18,23H2,1-3H3,(H,36,39)(H,37,40). The van der Waals surface area contributed by atoms with Crippen molar-refractivity contribution in [3.05, 3.63) is 102 Å². The predicted octanol–water partition coefficient (Wildman–Crippen LogP) is 8.03. The molecule has 4 rings (SSSR count). The Morgan fingerprint density at radius 3 is 2.05 bits per heavy atom. The number of rotatable bonds is 12. The van der Waals surface area contributed by atoms with Crippen LogP contribution in [0.2, 0.25) is 0 Å². The van der Waals surface area contributed by atoms with Gasteiger partial charge in [0, 0.05) is 37.0 Å². The van der Waals surface area contributed by atoms with E-state index in [0.717, 1.165) is 59.4 Å². The fraction of sp³-hybridized carbons (Fsp3) is 0.294. The van der Waals surface area contributed by atoms with Crippen molar-refractivity contribution < 1.29 is 14.0 Å². The molecule has 0 atom stereocenters. The Labute approximate surface area is 236 Å². The summed E-state index contributed by atoms with van der Waals surface area (Å²) in [5.41, 5.74) is 5.89. The van der Waals surface area contributed by atoms with Gasteiger partial charge in [-0.15, -0.1) is 0 Å². The molecule has 2 N–H and O–H groups in total. The Balaban J connectivity index is 1.83. The minimum absolute atomic E-state index is 0.0569. The lowest BCUT2D eigenvalue weighted by molar-refractivity contribution is -0.120. The van der Waals surface area contributed by atoms with Crippen LogP contribution in [-0.2, 0) is 11.3 Å². The number of halogens is 1. The van der Waals surface area contributed by atoms with Crippen molar-refractivity contribution >= 4 is 17.5 Å². The van der Waals surface area contributed by atoms with Gasteiger partial charge >= 0.3 is 0 Å². The Morgan fingerprint density at radius 1 is 0.800 bits per heavy atom. The third kappa shape index (κ3) is 6.87. The van der Waals surface area contributed by atoms with Gasteiger partial charge in [0.05, 0.1) is 11.3 Å². The summed E-state index contributed by atoms with van der Waals surface area (Å²) in [6, 6.07) is 26.0. The van der Waals surface area contributed by atoms with E-state index in [-0.39, 0.29) is 23.5 Å². The highest BCUT2D eigenvalue weighted by molar-refractivity contribution is 6.12. The molecule has 208 valence electrons. The van der Waals surface area contributed by atoms with E-state index < -0.39 is 0 Å². The highest BCUT2D eigenvalue weighted by atomic mass is 19.1. The van der Waals surface area contributed by atoms with E-state index in [0.29, 0.717) is 18.5 Å². The molecule has 0 saturated carbocycles. The average Bonchev–Trinajstić information content (AvgIpc) is 3.31. The molecule has 0 aliphatic carbocycles. The van der Waals surface area contributed by atoms with Gasteiger partial charge in [0.2, 0.25) is 5.91 Å². The minimum atomic E-state index is -0.301. The molecule has 0 saturated heterocycles. The van der Waals surface area contributed by atoms with Crippen LogP contribution in [0.15, 0.2) is 84.9 Å². The molecule has 3 aromatic carbocycles. The van der Waals surface area contributed by atoms with Crippen LogP contribution in [0, 0.1) is 5.82 Å². The van der Waals surface area contributed by atoms with Gasteiger partial charge in [-0.2, -0.15) is 0 Å². The molecule has 4 aromatic rings. The lowest BCUT2D eigenvalue weighted by Gasteiger charge is -2.17. The number of aromatic nitrogens is 1. The number of hydrogen-bond donors (Lipinski definition) is 2. The van der Waals surface area contributed by atoms with Crippen LogP contribution < -0.4 is 10.6 Å². The zero-order valence-electron chi connectivity index (χ0n) is 23.5. The molecule has 2 amide bonds. The van der Waals surface area contributed by atoms with E-state index in [1.807, 2.05) is 60.7 Å². The normalized spacial score (nSPS) is 11.0. The number of amides is 2. The first-order chi connectivity index (χ1) is 19.4. The van der Waals surface area contributed by atoms with Gasteiger partial charge < -0.3 is 15.2 Å². The second kappa shape index (κ2) is 13.7. The first-order valence-electron chi connectivity index (χ1n) is 14.1. The van der Waals surface area contributed by atoms with Gasteiger partial charge in [0.25, 0.3) is 5.91 Å². The van der Waals surface area contributed by atoms with Gasteiger partial charge in [0.1, 0.15) is 5.82 Å². The van der Waals surface area contributed by atoms with E-state index >= 15 is 0 Å². The second-order valence-electron chi connectivity index (χ2n) is 10.3. The highest BCUT2D eigenvalue weighted by Crippen LogP contribution is 2.42. The topological polar surface area (TPSA) is 63.1 Å². The van der Waals surface area contributed by atoms with Gasteiger partial charge in [-0.05, 0) is 66.3 Å². The molecule has 0 unspecified atom stereocenters. The van der Waals surface area contributed by atoms with Crippen molar-refractivity contribution in [1.29, 1.82) is 0 Å². The number of nitrogens with zero attached hydrogens (tertiary/aromatic N) is 1. The number of carbonyl (C=O) groups excluding carboxylic acids is 2. The van der Waals surface area contributed by atoms with Crippen molar-refractivity contribution in [1.82, 2.24) is 9.88 Å². The number of nitrogens with one attached hydrogen (secondary N) is 2. The van der Waals surface area contributed by atoms with Crippen molar-refractivity contribution in [2.45, 2.75) is 58.4 Å². The summed E-state index contributed by atoms with van der Waals surface area (Å²) in [6.45, 7) is 4.92. The summed E-state index contributed by atoms with van der Waals surface area (Å²) >= 11 is 0. The maximum absolute atomic E-state index is 14.1. The third-order valence-corrected chi connectivity index (χ3v) is 7.10. The van der Waals surface area contributed by atoms with Crippen LogP contribution in [0.25, 0.3) is 22.4 Å². The monoisotopic (exact) mass is 539 g/mol.